The molecule has 0 aromatic heterocycles. The largest absolute Gasteiger partial charge is 0.494 e. The van der Waals surface area contributed by atoms with Crippen molar-refractivity contribution in [2.45, 2.75) is 0 Å². The standard InChI is InChI=1S/C18H11Br2ClN2O3S/c1-26-15-13(19)6-9(7-14(15)20)5-12-16(24)22-18(27)23(17(12)25)11-4-2-3-10(21)8-11/h2-8H,1H3,(H,22,24,27)/b12-5+. The number of benzene rings is 2. The third-order valence-electron chi connectivity index (χ3n) is 3.70. The molecule has 0 spiro atoms. The number of carbonyl (C=O) groups excluding carboxylic acids is 2. The van der Waals surface area contributed by atoms with Gasteiger partial charge in [-0.25, -0.2) is 0 Å². The lowest BCUT2D eigenvalue weighted by atomic mass is 10.1. The molecule has 9 heteroatoms. The van der Waals surface area contributed by atoms with Gasteiger partial charge in [-0.3, -0.25) is 19.8 Å². The van der Waals surface area contributed by atoms with Crippen LogP contribution in [0.3, 0.4) is 0 Å². The van der Waals surface area contributed by atoms with Gasteiger partial charge in [0.05, 0.1) is 21.7 Å². The molecule has 1 saturated heterocycles. The molecule has 0 aliphatic carbocycles. The highest BCUT2D eigenvalue weighted by Crippen LogP contribution is 2.35. The molecular weight excluding hydrogens is 520 g/mol. The summed E-state index contributed by atoms with van der Waals surface area (Å²) in [6, 6.07) is 10.2. The van der Waals surface area contributed by atoms with Crippen LogP contribution in [0.5, 0.6) is 5.75 Å². The topological polar surface area (TPSA) is 58.6 Å². The van der Waals surface area contributed by atoms with E-state index in [0.29, 0.717) is 31.0 Å². The Kier molecular flexibility index (Phi) is 6.00. The number of ether oxygens (including phenoxy) is 1. The average Bonchev–Trinajstić information content (AvgIpc) is 2.58. The van der Waals surface area contributed by atoms with Crippen molar-refractivity contribution in [3.05, 3.63) is 61.5 Å². The molecule has 0 saturated carbocycles. The first-order valence-electron chi connectivity index (χ1n) is 7.52. The molecule has 1 N–H and O–H groups in total. The maximum atomic E-state index is 13.0. The summed E-state index contributed by atoms with van der Waals surface area (Å²) in [6.45, 7) is 0. The second-order valence-corrected chi connectivity index (χ2v) is 7.99. The van der Waals surface area contributed by atoms with Crippen LogP contribution in [0.2, 0.25) is 5.02 Å². The minimum atomic E-state index is -0.564. The van der Waals surface area contributed by atoms with Crippen LogP contribution in [0.4, 0.5) is 5.69 Å². The Balaban J connectivity index is 2.04. The van der Waals surface area contributed by atoms with E-state index < -0.39 is 11.8 Å². The van der Waals surface area contributed by atoms with Crippen molar-refractivity contribution >= 4 is 84.4 Å². The Labute approximate surface area is 182 Å². The van der Waals surface area contributed by atoms with Gasteiger partial charge in [-0.1, -0.05) is 17.7 Å². The second-order valence-electron chi connectivity index (χ2n) is 5.46. The first kappa shape index (κ1) is 20.0. The van der Waals surface area contributed by atoms with E-state index in [9.17, 15) is 9.59 Å². The summed E-state index contributed by atoms with van der Waals surface area (Å²) < 4.78 is 6.62. The van der Waals surface area contributed by atoms with E-state index >= 15 is 0 Å². The van der Waals surface area contributed by atoms with Gasteiger partial charge in [-0.2, -0.15) is 0 Å². The molecule has 0 radical (unpaired) electrons. The normalized spacial score (nSPS) is 15.9. The highest BCUT2D eigenvalue weighted by atomic mass is 79.9. The fraction of sp³-hybridized carbons (Fsp3) is 0.0556. The van der Waals surface area contributed by atoms with Crippen molar-refractivity contribution in [3.8, 4) is 5.75 Å². The third-order valence-corrected chi connectivity index (χ3v) is 5.40. The number of nitrogens with one attached hydrogen (secondary N) is 1. The van der Waals surface area contributed by atoms with Gasteiger partial charge in [-0.05, 0) is 86.0 Å². The van der Waals surface area contributed by atoms with E-state index in [2.05, 4.69) is 37.2 Å². The zero-order valence-corrected chi connectivity index (χ0v) is 18.5. The van der Waals surface area contributed by atoms with E-state index in [1.807, 2.05) is 0 Å². The van der Waals surface area contributed by atoms with Gasteiger partial charge in [0.25, 0.3) is 11.8 Å². The molecule has 1 heterocycles. The summed E-state index contributed by atoms with van der Waals surface area (Å²) in [5, 5.41) is 2.99. The molecule has 2 aromatic rings. The summed E-state index contributed by atoms with van der Waals surface area (Å²) in [6.07, 6.45) is 1.49. The van der Waals surface area contributed by atoms with Crippen LogP contribution in [0, 0.1) is 0 Å². The van der Waals surface area contributed by atoms with E-state index in [4.69, 9.17) is 28.6 Å². The molecule has 1 aliphatic rings. The Morgan fingerprint density at radius 1 is 1.19 bits per heavy atom. The van der Waals surface area contributed by atoms with Crippen LogP contribution in [0.25, 0.3) is 6.08 Å². The van der Waals surface area contributed by atoms with Crippen molar-refractivity contribution in [2.75, 3.05) is 12.0 Å². The molecular formula is C18H11Br2ClN2O3S. The van der Waals surface area contributed by atoms with E-state index in [0.717, 1.165) is 0 Å². The Hall–Kier alpha value is -1.74. The molecule has 2 amide bonds. The number of halogens is 3. The summed E-state index contributed by atoms with van der Waals surface area (Å²) in [5.41, 5.74) is 1.06. The highest BCUT2D eigenvalue weighted by molar-refractivity contribution is 9.11. The molecule has 138 valence electrons. The number of amides is 2. The third kappa shape index (κ3) is 4.08. The highest BCUT2D eigenvalue weighted by Gasteiger charge is 2.34. The fourth-order valence-electron chi connectivity index (χ4n) is 2.53. The number of nitrogens with zero attached hydrogens (tertiary/aromatic N) is 1. The fourth-order valence-corrected chi connectivity index (χ4v) is 4.54. The number of hydrogen-bond acceptors (Lipinski definition) is 4. The lowest BCUT2D eigenvalue weighted by molar-refractivity contribution is -0.122. The monoisotopic (exact) mass is 528 g/mol. The van der Waals surface area contributed by atoms with Gasteiger partial charge in [0.2, 0.25) is 0 Å². The van der Waals surface area contributed by atoms with E-state index in [1.165, 1.54) is 11.0 Å². The van der Waals surface area contributed by atoms with Crippen molar-refractivity contribution in [3.63, 3.8) is 0 Å². The first-order valence-corrected chi connectivity index (χ1v) is 9.89. The predicted molar refractivity (Wildman–Crippen MR) is 116 cm³/mol. The molecule has 0 unspecified atom stereocenters. The summed E-state index contributed by atoms with van der Waals surface area (Å²) >= 11 is 18.0. The number of carbonyl (C=O) groups is 2. The number of hydrogen-bond donors (Lipinski definition) is 1. The number of methoxy groups -OCH3 is 1. The maximum absolute atomic E-state index is 13.0. The minimum absolute atomic E-state index is 0.00140. The molecule has 3 rings (SSSR count). The van der Waals surface area contributed by atoms with E-state index in [1.54, 1.807) is 43.5 Å². The second kappa shape index (κ2) is 8.10. The Morgan fingerprint density at radius 3 is 2.44 bits per heavy atom. The lowest BCUT2D eigenvalue weighted by Gasteiger charge is -2.29. The van der Waals surface area contributed by atoms with Crippen molar-refractivity contribution < 1.29 is 14.3 Å². The van der Waals surface area contributed by atoms with Gasteiger partial charge in [0, 0.05) is 5.02 Å². The Morgan fingerprint density at radius 2 is 1.85 bits per heavy atom. The molecule has 1 aliphatic heterocycles. The van der Waals surface area contributed by atoms with Gasteiger partial charge in [0.15, 0.2) is 5.11 Å². The Bertz CT molecular complexity index is 987. The molecule has 27 heavy (non-hydrogen) atoms. The quantitative estimate of drug-likeness (QED) is 0.355. The van der Waals surface area contributed by atoms with E-state index in [-0.39, 0.29) is 10.7 Å². The molecule has 2 aromatic carbocycles. The van der Waals surface area contributed by atoms with Crippen LogP contribution in [0.15, 0.2) is 50.9 Å². The van der Waals surface area contributed by atoms with Crippen LogP contribution in [0.1, 0.15) is 5.56 Å². The van der Waals surface area contributed by atoms with Gasteiger partial charge >= 0.3 is 0 Å². The minimum Gasteiger partial charge on any atom is -0.494 e. The number of anilines is 1. The maximum Gasteiger partial charge on any atom is 0.270 e. The first-order chi connectivity index (χ1) is 12.8. The van der Waals surface area contributed by atoms with Crippen LogP contribution in [-0.4, -0.2) is 24.0 Å². The molecule has 5 nitrogen and oxygen atoms in total. The van der Waals surface area contributed by atoms with Gasteiger partial charge in [-0.15, -0.1) is 0 Å². The van der Waals surface area contributed by atoms with Gasteiger partial charge in [0.1, 0.15) is 11.3 Å². The average molecular weight is 531 g/mol. The van der Waals surface area contributed by atoms with Crippen molar-refractivity contribution in [1.82, 2.24) is 5.32 Å². The van der Waals surface area contributed by atoms with Crippen LogP contribution < -0.4 is 15.0 Å². The zero-order valence-electron chi connectivity index (χ0n) is 13.8. The smallest absolute Gasteiger partial charge is 0.270 e. The molecule has 0 atom stereocenters. The summed E-state index contributed by atoms with van der Waals surface area (Å²) in [4.78, 5) is 26.6. The van der Waals surface area contributed by atoms with Crippen molar-refractivity contribution in [2.24, 2.45) is 0 Å². The summed E-state index contributed by atoms with van der Waals surface area (Å²) in [7, 11) is 1.55. The molecule has 0 bridgehead atoms. The van der Waals surface area contributed by atoms with Crippen LogP contribution >= 0.6 is 55.7 Å². The van der Waals surface area contributed by atoms with Crippen LogP contribution in [-0.2, 0) is 9.59 Å². The predicted octanol–water partition coefficient (Wildman–Crippen LogP) is 4.70. The van der Waals surface area contributed by atoms with Gasteiger partial charge < -0.3 is 4.74 Å². The molecule has 1 fully saturated rings. The summed E-state index contributed by atoms with van der Waals surface area (Å²) in [5.74, 6) is -0.487. The number of rotatable bonds is 3. The lowest BCUT2D eigenvalue weighted by Crippen LogP contribution is -2.54. The zero-order chi connectivity index (χ0) is 19.7. The van der Waals surface area contributed by atoms with Crippen molar-refractivity contribution in [1.29, 1.82) is 0 Å². The number of thiocarbonyl (C=S) groups is 1. The SMILES string of the molecule is COc1c(Br)cc(/C=C2\C(=O)NC(=S)N(c3cccc(Cl)c3)C2=O)cc1Br.